The summed E-state index contributed by atoms with van der Waals surface area (Å²) in [4.78, 5) is 63.7. The summed E-state index contributed by atoms with van der Waals surface area (Å²) in [7, 11) is 1.58. The van der Waals surface area contributed by atoms with Crippen molar-refractivity contribution in [3.8, 4) is 11.5 Å². The molecule has 0 saturated carbocycles. The fourth-order valence-electron chi connectivity index (χ4n) is 4.77. The van der Waals surface area contributed by atoms with E-state index in [9.17, 15) is 24.0 Å². The molecule has 0 unspecified atom stereocenters. The van der Waals surface area contributed by atoms with Gasteiger partial charge in [-0.05, 0) is 81.3 Å². The number of hydrogen-bond donors (Lipinski definition) is 1. The van der Waals surface area contributed by atoms with Crippen molar-refractivity contribution < 1.29 is 48.0 Å². The number of likely N-dealkylation sites (tertiary alicyclic amines) is 1. The van der Waals surface area contributed by atoms with Gasteiger partial charge in [0.15, 0.2) is 6.61 Å². The van der Waals surface area contributed by atoms with Gasteiger partial charge in [0.1, 0.15) is 30.3 Å². The molecule has 2 atom stereocenters. The van der Waals surface area contributed by atoms with Crippen molar-refractivity contribution in [1.82, 2.24) is 4.90 Å². The zero-order chi connectivity index (χ0) is 31.6. The molecule has 11 nitrogen and oxygen atoms in total. The van der Waals surface area contributed by atoms with Gasteiger partial charge >= 0.3 is 17.9 Å². The highest BCUT2D eigenvalue weighted by Gasteiger charge is 2.42. The second-order valence-corrected chi connectivity index (χ2v) is 11.1. The Balaban J connectivity index is 1.83. The smallest absolute Gasteiger partial charge is 0.341 e. The minimum Gasteiger partial charge on any atom is -0.497 e. The van der Waals surface area contributed by atoms with Gasteiger partial charge in [-0.1, -0.05) is 24.3 Å². The summed E-state index contributed by atoms with van der Waals surface area (Å²) in [5, 5.41) is 9.00. The second kappa shape index (κ2) is 15.2. The number of carboxylic acids is 1. The first-order chi connectivity index (χ1) is 20.4. The van der Waals surface area contributed by atoms with Gasteiger partial charge in [0.05, 0.1) is 12.5 Å². The molecule has 0 spiro atoms. The number of aryl methyl sites for hydroxylation is 1. The van der Waals surface area contributed by atoms with Gasteiger partial charge in [-0.3, -0.25) is 14.4 Å². The second-order valence-electron chi connectivity index (χ2n) is 11.1. The Kier molecular flexibility index (Phi) is 11.7. The fraction of sp³-hybridized carbons (Fsp3) is 0.469. The summed E-state index contributed by atoms with van der Waals surface area (Å²) < 4.78 is 21.7. The Morgan fingerprint density at radius 3 is 2.44 bits per heavy atom. The molecule has 1 saturated heterocycles. The number of rotatable bonds is 14. The summed E-state index contributed by atoms with van der Waals surface area (Å²) in [6.07, 6.45) is 1.74. The van der Waals surface area contributed by atoms with Crippen LogP contribution in [0.3, 0.4) is 0 Å². The van der Waals surface area contributed by atoms with Crippen LogP contribution in [-0.4, -0.2) is 72.5 Å². The van der Waals surface area contributed by atoms with Crippen LogP contribution >= 0.6 is 0 Å². The van der Waals surface area contributed by atoms with Crippen molar-refractivity contribution >= 4 is 29.6 Å². The molecule has 2 aromatic carbocycles. The van der Waals surface area contributed by atoms with E-state index < -0.39 is 53.8 Å². The molecule has 0 radical (unpaired) electrons. The highest BCUT2D eigenvalue weighted by Crippen LogP contribution is 2.30. The summed E-state index contributed by atoms with van der Waals surface area (Å²) in [5.41, 5.74) is 0.268. The monoisotopic (exact) mass is 597 g/mol. The number of methoxy groups -OCH3 is 1. The third-order valence-corrected chi connectivity index (χ3v) is 7.16. The minimum atomic E-state index is -1.27. The quantitative estimate of drug-likeness (QED) is 0.251. The van der Waals surface area contributed by atoms with Crippen LogP contribution < -0.4 is 9.47 Å². The molecule has 3 rings (SSSR count). The maximum atomic E-state index is 13.7. The highest BCUT2D eigenvalue weighted by atomic mass is 16.5. The van der Waals surface area contributed by atoms with Gasteiger partial charge in [0.2, 0.25) is 5.78 Å². The van der Waals surface area contributed by atoms with Crippen LogP contribution in [0, 0.1) is 5.41 Å². The molecule has 1 fully saturated rings. The zero-order valence-electron chi connectivity index (χ0n) is 25.0. The third-order valence-electron chi connectivity index (χ3n) is 7.16. The molecule has 11 heteroatoms. The van der Waals surface area contributed by atoms with E-state index in [0.29, 0.717) is 49.2 Å². The van der Waals surface area contributed by atoms with Crippen LogP contribution in [0.4, 0.5) is 0 Å². The molecule has 0 aromatic heterocycles. The number of piperidine rings is 1. The van der Waals surface area contributed by atoms with E-state index >= 15 is 0 Å². The van der Waals surface area contributed by atoms with Crippen molar-refractivity contribution in [3.63, 3.8) is 0 Å². The molecular formula is C32H39NO10. The number of benzene rings is 2. The topological polar surface area (TPSA) is 146 Å². The average Bonchev–Trinajstić information content (AvgIpc) is 3.00. The first-order valence-corrected chi connectivity index (χ1v) is 14.2. The van der Waals surface area contributed by atoms with E-state index in [1.165, 1.54) is 25.7 Å². The summed E-state index contributed by atoms with van der Waals surface area (Å²) >= 11 is 0. The molecule has 232 valence electrons. The fourth-order valence-corrected chi connectivity index (χ4v) is 4.77. The number of aliphatic carboxylic acids is 1. The number of Topliss-reactive ketones (excluding diaryl/α,β-unsaturated/α-hetero) is 1. The van der Waals surface area contributed by atoms with Gasteiger partial charge in [0, 0.05) is 13.5 Å². The Hall–Kier alpha value is -4.41. The zero-order valence-corrected chi connectivity index (χ0v) is 25.0. The SMILES string of the molecule is COc1cccc(CC[C@@H](OC(=O)[C@@H]2CCCCN2C(=O)C(=O)C(C)(C)COC(C)=O)c2cccc(OCC(=O)O)c2)c1. The van der Waals surface area contributed by atoms with E-state index in [4.69, 9.17) is 24.1 Å². The lowest BCUT2D eigenvalue weighted by molar-refractivity contribution is -0.165. The Labute approximate surface area is 251 Å². The van der Waals surface area contributed by atoms with Gasteiger partial charge in [-0.25, -0.2) is 9.59 Å². The van der Waals surface area contributed by atoms with Gasteiger partial charge < -0.3 is 29.0 Å². The van der Waals surface area contributed by atoms with Crippen LogP contribution in [0.5, 0.6) is 11.5 Å². The molecule has 43 heavy (non-hydrogen) atoms. The number of carboxylic acid groups (broad SMARTS) is 1. The molecule has 0 aliphatic carbocycles. The van der Waals surface area contributed by atoms with Gasteiger partial charge in [-0.15, -0.1) is 0 Å². The molecule has 1 aliphatic rings. The molecular weight excluding hydrogens is 558 g/mol. The summed E-state index contributed by atoms with van der Waals surface area (Å²) in [6.45, 7) is 3.67. The van der Waals surface area contributed by atoms with E-state index in [2.05, 4.69) is 0 Å². The van der Waals surface area contributed by atoms with Crippen molar-refractivity contribution in [2.75, 3.05) is 26.9 Å². The number of carbonyl (C=O) groups is 5. The molecule has 0 bridgehead atoms. The normalized spacial score (nSPS) is 15.6. The van der Waals surface area contributed by atoms with Crippen molar-refractivity contribution in [3.05, 3.63) is 59.7 Å². The number of ether oxygens (including phenoxy) is 4. The standard InChI is InChI=1S/C32H39NO10/c1-21(34)42-20-32(2,3)29(37)30(38)33-16-6-5-13-26(33)31(39)43-27(15-14-22-9-7-11-24(17-22)40-4)23-10-8-12-25(18-23)41-19-28(35)36/h7-12,17-18,26-27H,5-6,13-16,19-20H2,1-4H3,(H,35,36)/t26-,27+/m0/s1. The van der Waals surface area contributed by atoms with Crippen LogP contribution in [0.2, 0.25) is 0 Å². The number of carbonyl (C=O) groups excluding carboxylic acids is 4. The first-order valence-electron chi connectivity index (χ1n) is 14.2. The molecule has 1 aliphatic heterocycles. The predicted octanol–water partition coefficient (Wildman–Crippen LogP) is 3.92. The van der Waals surface area contributed by atoms with E-state index in [-0.39, 0.29) is 13.2 Å². The maximum Gasteiger partial charge on any atom is 0.341 e. The number of hydrogen-bond acceptors (Lipinski definition) is 9. The van der Waals surface area contributed by atoms with Crippen LogP contribution in [0.15, 0.2) is 48.5 Å². The Morgan fingerprint density at radius 2 is 1.74 bits per heavy atom. The lowest BCUT2D eigenvalue weighted by atomic mass is 9.87. The lowest BCUT2D eigenvalue weighted by Crippen LogP contribution is -2.53. The summed E-state index contributed by atoms with van der Waals surface area (Å²) in [6, 6.07) is 13.2. The predicted molar refractivity (Wildman–Crippen MR) is 154 cm³/mol. The Morgan fingerprint density at radius 1 is 1.02 bits per heavy atom. The van der Waals surface area contributed by atoms with Crippen LogP contribution in [0.1, 0.15) is 63.7 Å². The average molecular weight is 598 g/mol. The molecule has 2 aromatic rings. The highest BCUT2D eigenvalue weighted by molar-refractivity contribution is 6.38. The molecule has 1 heterocycles. The van der Waals surface area contributed by atoms with Gasteiger partial charge in [-0.2, -0.15) is 0 Å². The lowest BCUT2D eigenvalue weighted by Gasteiger charge is -2.36. The van der Waals surface area contributed by atoms with Crippen molar-refractivity contribution in [2.24, 2.45) is 5.41 Å². The first kappa shape index (κ1) is 33.1. The third kappa shape index (κ3) is 9.56. The minimum absolute atomic E-state index is 0.209. The van der Waals surface area contributed by atoms with Crippen LogP contribution in [0.25, 0.3) is 0 Å². The van der Waals surface area contributed by atoms with E-state index in [1.807, 2.05) is 24.3 Å². The van der Waals surface area contributed by atoms with Gasteiger partial charge in [0.25, 0.3) is 5.91 Å². The van der Waals surface area contributed by atoms with Crippen molar-refractivity contribution in [1.29, 1.82) is 0 Å². The van der Waals surface area contributed by atoms with E-state index in [0.717, 1.165) is 5.56 Å². The van der Waals surface area contributed by atoms with Crippen molar-refractivity contribution in [2.45, 2.75) is 65.0 Å². The summed E-state index contributed by atoms with van der Waals surface area (Å²) in [5.74, 6) is -2.93. The largest absolute Gasteiger partial charge is 0.497 e. The van der Waals surface area contributed by atoms with E-state index in [1.54, 1.807) is 31.4 Å². The molecule has 1 amide bonds. The Bertz CT molecular complexity index is 1320. The number of amides is 1. The number of ketones is 1. The van der Waals surface area contributed by atoms with Crippen LogP contribution in [-0.2, 0) is 39.9 Å². The maximum absolute atomic E-state index is 13.7. The number of esters is 2. The number of nitrogens with zero attached hydrogens (tertiary/aromatic N) is 1. The molecule has 1 N–H and O–H groups in total.